The number of aromatic nitrogens is 2. The molecule has 4 atom stereocenters. The van der Waals surface area contributed by atoms with E-state index in [0.29, 0.717) is 23.8 Å². The Morgan fingerprint density at radius 2 is 1.61 bits per heavy atom. The largest absolute Gasteiger partial charge is 0.342 e. The predicted octanol–water partition coefficient (Wildman–Crippen LogP) is 5.40. The summed E-state index contributed by atoms with van der Waals surface area (Å²) in [6.07, 6.45) is 4.13. The molecule has 4 rings (SSSR count). The Kier molecular flexibility index (Phi) is 3.10. The fourth-order valence-corrected chi connectivity index (χ4v) is 5.33. The molecule has 0 bridgehead atoms. The Labute approximate surface area is 139 Å². The highest BCUT2D eigenvalue weighted by Crippen LogP contribution is 2.54. The van der Waals surface area contributed by atoms with Crippen LogP contribution in [0.5, 0.6) is 0 Å². The Balaban J connectivity index is 1.98. The molecule has 0 saturated carbocycles. The van der Waals surface area contributed by atoms with Crippen molar-refractivity contribution in [1.29, 1.82) is 0 Å². The topological polar surface area (TPSA) is 17.8 Å². The second kappa shape index (κ2) is 4.83. The van der Waals surface area contributed by atoms with Crippen LogP contribution in [0.3, 0.4) is 0 Å². The summed E-state index contributed by atoms with van der Waals surface area (Å²) in [7, 11) is 0. The molecule has 0 amide bonds. The van der Waals surface area contributed by atoms with E-state index in [1.807, 2.05) is 6.20 Å². The van der Waals surface area contributed by atoms with Gasteiger partial charge in [0.2, 0.25) is 0 Å². The third-order valence-electron chi connectivity index (χ3n) is 6.28. The van der Waals surface area contributed by atoms with Gasteiger partial charge < -0.3 is 4.57 Å². The van der Waals surface area contributed by atoms with Gasteiger partial charge in [-0.15, -0.1) is 0 Å². The lowest BCUT2D eigenvalue weighted by Gasteiger charge is -2.44. The fourth-order valence-electron chi connectivity index (χ4n) is 5.33. The van der Waals surface area contributed by atoms with Crippen molar-refractivity contribution in [2.75, 3.05) is 0 Å². The highest BCUT2D eigenvalue weighted by Gasteiger charge is 2.40. The minimum atomic E-state index is 0.448. The molecule has 0 aromatic carbocycles. The Hall–Kier alpha value is -1.83. The molecule has 1 aliphatic carbocycles. The smallest absolute Gasteiger partial charge is 0.0526 e. The summed E-state index contributed by atoms with van der Waals surface area (Å²) in [5.41, 5.74) is 10.4. The number of hydrogen-bond donors (Lipinski definition) is 0. The Morgan fingerprint density at radius 3 is 2.35 bits per heavy atom. The summed E-state index contributed by atoms with van der Waals surface area (Å²) in [4.78, 5) is 4.48. The zero-order chi connectivity index (χ0) is 16.5. The van der Waals surface area contributed by atoms with Gasteiger partial charge in [0, 0.05) is 41.5 Å². The maximum atomic E-state index is 4.48. The average Bonchev–Trinajstić information content (AvgIpc) is 2.90. The first kappa shape index (κ1) is 14.7. The van der Waals surface area contributed by atoms with Crippen molar-refractivity contribution in [2.24, 2.45) is 0 Å². The van der Waals surface area contributed by atoms with E-state index in [1.165, 1.54) is 28.1 Å². The van der Waals surface area contributed by atoms with Crippen LogP contribution in [-0.2, 0) is 0 Å². The third-order valence-corrected chi connectivity index (χ3v) is 6.28. The number of nitrogens with zero attached hydrogens (tertiary/aromatic N) is 2. The van der Waals surface area contributed by atoms with Crippen molar-refractivity contribution in [2.45, 2.75) is 65.3 Å². The van der Waals surface area contributed by atoms with E-state index >= 15 is 0 Å². The number of aryl methyl sites for hydroxylation is 2. The highest BCUT2D eigenvalue weighted by atomic mass is 15.0. The van der Waals surface area contributed by atoms with Crippen molar-refractivity contribution in [1.82, 2.24) is 9.55 Å². The van der Waals surface area contributed by atoms with Gasteiger partial charge in [0.05, 0.1) is 6.04 Å². The van der Waals surface area contributed by atoms with Crippen LogP contribution in [0.15, 0.2) is 35.7 Å². The van der Waals surface area contributed by atoms with Gasteiger partial charge in [-0.05, 0) is 55.2 Å². The van der Waals surface area contributed by atoms with Gasteiger partial charge in [0.1, 0.15) is 0 Å². The molecule has 4 unspecified atom stereocenters. The molecule has 23 heavy (non-hydrogen) atoms. The van der Waals surface area contributed by atoms with Crippen LogP contribution in [0.25, 0.3) is 0 Å². The summed E-state index contributed by atoms with van der Waals surface area (Å²) < 4.78 is 2.55. The maximum absolute atomic E-state index is 4.48. The van der Waals surface area contributed by atoms with Gasteiger partial charge in [-0.2, -0.15) is 0 Å². The summed E-state index contributed by atoms with van der Waals surface area (Å²) in [6.45, 7) is 14.0. The van der Waals surface area contributed by atoms with Gasteiger partial charge in [-0.1, -0.05) is 26.3 Å². The lowest BCUT2D eigenvalue weighted by Crippen LogP contribution is -2.31. The second-order valence-corrected chi connectivity index (χ2v) is 7.48. The molecule has 2 heteroatoms. The second-order valence-electron chi connectivity index (χ2n) is 7.48. The monoisotopic (exact) mass is 306 g/mol. The zero-order valence-corrected chi connectivity index (χ0v) is 15.0. The van der Waals surface area contributed by atoms with Gasteiger partial charge in [0.25, 0.3) is 0 Å². The minimum Gasteiger partial charge on any atom is -0.342 e. The summed E-state index contributed by atoms with van der Waals surface area (Å²) in [6, 6.07) is 5.04. The molecular weight excluding hydrogens is 280 g/mol. The fraction of sp³-hybridized carbons (Fsp3) is 0.476. The molecule has 0 fully saturated rings. The van der Waals surface area contributed by atoms with Gasteiger partial charge >= 0.3 is 0 Å². The van der Waals surface area contributed by atoms with Gasteiger partial charge in [-0.3, -0.25) is 4.98 Å². The van der Waals surface area contributed by atoms with Crippen LogP contribution in [0, 0.1) is 13.8 Å². The van der Waals surface area contributed by atoms with E-state index in [4.69, 9.17) is 0 Å². The van der Waals surface area contributed by atoms with E-state index in [2.05, 4.69) is 69.4 Å². The van der Waals surface area contributed by atoms with Crippen molar-refractivity contribution in [3.05, 3.63) is 63.8 Å². The van der Waals surface area contributed by atoms with Gasteiger partial charge in [-0.25, -0.2) is 0 Å². The normalized spacial score (nSPS) is 29.1. The van der Waals surface area contributed by atoms with Gasteiger partial charge in [0.15, 0.2) is 0 Å². The highest BCUT2D eigenvalue weighted by molar-refractivity contribution is 5.55. The molecule has 2 aromatic heterocycles. The number of pyridine rings is 1. The standard InChI is InChI=1S/C21H26N2/c1-11-9-22-10-17-13(3)20-14(4)18-8-7-12(2)23(18)16(6)21(20)15(5)19(11)17/h7-10,13-16H,1-6H3. The summed E-state index contributed by atoms with van der Waals surface area (Å²) >= 11 is 0. The van der Waals surface area contributed by atoms with E-state index in [-0.39, 0.29) is 0 Å². The van der Waals surface area contributed by atoms with Crippen molar-refractivity contribution < 1.29 is 0 Å². The van der Waals surface area contributed by atoms with Crippen LogP contribution in [0.1, 0.15) is 79.6 Å². The van der Waals surface area contributed by atoms with Crippen molar-refractivity contribution in [3.8, 4) is 0 Å². The van der Waals surface area contributed by atoms with Crippen molar-refractivity contribution >= 4 is 0 Å². The number of rotatable bonds is 0. The van der Waals surface area contributed by atoms with Crippen molar-refractivity contribution in [3.63, 3.8) is 0 Å². The molecule has 120 valence electrons. The Bertz CT molecular complexity index is 824. The number of fused-ring (bicyclic) bond motifs is 2. The quantitative estimate of drug-likeness (QED) is 0.596. The van der Waals surface area contributed by atoms with E-state index in [1.54, 1.807) is 11.1 Å². The molecule has 0 radical (unpaired) electrons. The summed E-state index contributed by atoms with van der Waals surface area (Å²) in [5, 5.41) is 0. The van der Waals surface area contributed by atoms with Crippen LogP contribution in [-0.4, -0.2) is 9.55 Å². The molecule has 0 N–H and O–H groups in total. The minimum absolute atomic E-state index is 0.448. The number of hydrogen-bond acceptors (Lipinski definition) is 1. The average molecular weight is 306 g/mol. The maximum Gasteiger partial charge on any atom is 0.0526 e. The molecule has 2 aliphatic rings. The first-order valence-electron chi connectivity index (χ1n) is 8.79. The van der Waals surface area contributed by atoms with Crippen LogP contribution in [0.2, 0.25) is 0 Å². The first-order chi connectivity index (χ1) is 10.9. The molecule has 0 spiro atoms. The van der Waals surface area contributed by atoms with Crippen LogP contribution >= 0.6 is 0 Å². The van der Waals surface area contributed by atoms with Crippen LogP contribution in [0.4, 0.5) is 0 Å². The third kappa shape index (κ3) is 1.78. The summed E-state index contributed by atoms with van der Waals surface area (Å²) in [5.74, 6) is 1.43. The SMILES string of the molecule is Cc1cncc2c1C(C)C1=C(C2C)C(C)c2ccc(C)n2C1C. The molecule has 1 aliphatic heterocycles. The zero-order valence-electron chi connectivity index (χ0n) is 15.0. The Morgan fingerprint density at radius 1 is 0.870 bits per heavy atom. The lowest BCUT2D eigenvalue weighted by molar-refractivity contribution is 0.476. The molecule has 2 aromatic rings. The molecular formula is C21H26N2. The van der Waals surface area contributed by atoms with Crippen LogP contribution < -0.4 is 0 Å². The molecule has 3 heterocycles. The van der Waals surface area contributed by atoms with E-state index < -0.39 is 0 Å². The number of allylic oxidation sites excluding steroid dienone is 2. The molecule has 2 nitrogen and oxygen atoms in total. The molecule has 0 saturated heterocycles. The predicted molar refractivity (Wildman–Crippen MR) is 95.1 cm³/mol. The van der Waals surface area contributed by atoms with E-state index in [9.17, 15) is 0 Å². The first-order valence-corrected chi connectivity index (χ1v) is 8.79. The van der Waals surface area contributed by atoms with E-state index in [0.717, 1.165) is 0 Å². The lowest BCUT2D eigenvalue weighted by atomic mass is 9.66.